The van der Waals surface area contributed by atoms with Gasteiger partial charge in [-0.1, -0.05) is 0 Å². The van der Waals surface area contributed by atoms with E-state index in [1.54, 1.807) is 0 Å². The highest BCUT2D eigenvalue weighted by Gasteiger charge is 2.36. The van der Waals surface area contributed by atoms with Gasteiger partial charge in [0.15, 0.2) is 0 Å². The third-order valence-electron chi connectivity index (χ3n) is 2.27. The van der Waals surface area contributed by atoms with Crippen LogP contribution in [0.3, 0.4) is 0 Å². The van der Waals surface area contributed by atoms with E-state index in [4.69, 9.17) is 0 Å². The molecule has 0 amide bonds. The molecule has 1 heterocycles. The summed E-state index contributed by atoms with van der Waals surface area (Å²) < 4.78 is 0. The molecule has 2 nitrogen and oxygen atoms in total. The van der Waals surface area contributed by atoms with Gasteiger partial charge in [0.25, 0.3) is 0 Å². The van der Waals surface area contributed by atoms with Crippen molar-refractivity contribution in [3.63, 3.8) is 0 Å². The largest absolute Gasteiger partial charge is 0.316 e. The van der Waals surface area contributed by atoms with Crippen LogP contribution in [0.1, 0.15) is 12.8 Å². The summed E-state index contributed by atoms with van der Waals surface area (Å²) in [6.45, 7) is 3.67. The summed E-state index contributed by atoms with van der Waals surface area (Å²) >= 11 is 0. The maximum absolute atomic E-state index is 3.52. The van der Waals surface area contributed by atoms with Crippen molar-refractivity contribution in [1.29, 1.82) is 0 Å². The second-order valence-electron chi connectivity index (χ2n) is 3.11. The van der Waals surface area contributed by atoms with E-state index < -0.39 is 0 Å². The normalized spacial score (nSPS) is 42.7. The van der Waals surface area contributed by atoms with Crippen LogP contribution in [0.2, 0.25) is 0 Å². The zero-order valence-electron chi connectivity index (χ0n) is 5.69. The Balaban J connectivity index is 1.81. The summed E-state index contributed by atoms with van der Waals surface area (Å²) in [5.41, 5.74) is 0. The smallest absolute Gasteiger partial charge is 0.0112 e. The highest BCUT2D eigenvalue weighted by Crippen LogP contribution is 2.29. The lowest BCUT2D eigenvalue weighted by Gasteiger charge is -2.09. The minimum atomic E-state index is 0.873. The molecule has 2 N–H and O–H groups in total. The van der Waals surface area contributed by atoms with Gasteiger partial charge >= 0.3 is 0 Å². The monoisotopic (exact) mass is 126 g/mol. The summed E-state index contributed by atoms with van der Waals surface area (Å²) in [5.74, 6) is 0.963. The summed E-state index contributed by atoms with van der Waals surface area (Å²) in [5, 5.41) is 6.96. The van der Waals surface area contributed by atoms with Gasteiger partial charge in [-0.3, -0.25) is 0 Å². The fourth-order valence-corrected chi connectivity index (χ4v) is 1.51. The summed E-state index contributed by atoms with van der Waals surface area (Å²) in [7, 11) is 0. The molecule has 2 atom stereocenters. The van der Waals surface area contributed by atoms with Gasteiger partial charge in [0, 0.05) is 6.04 Å². The predicted octanol–water partition coefficient (Wildman–Crippen LogP) is -0.0422. The maximum atomic E-state index is 3.52. The van der Waals surface area contributed by atoms with E-state index in [0.29, 0.717) is 0 Å². The predicted molar refractivity (Wildman–Crippen MR) is 37.4 cm³/mol. The molecule has 0 spiro atoms. The molecule has 9 heavy (non-hydrogen) atoms. The molecule has 1 aliphatic heterocycles. The standard InChI is InChI=1S/C7H14N2/c1-2-8-5-6-4-7(6)9-3-1/h6-9H,1-5H2. The molecular formula is C7H14N2. The van der Waals surface area contributed by atoms with Crippen LogP contribution in [0.4, 0.5) is 0 Å². The highest BCUT2D eigenvalue weighted by molar-refractivity contribution is 4.95. The second-order valence-corrected chi connectivity index (χ2v) is 3.11. The van der Waals surface area contributed by atoms with E-state index in [1.165, 1.54) is 32.5 Å². The third kappa shape index (κ3) is 1.25. The number of hydrogen-bond acceptors (Lipinski definition) is 2. The Morgan fingerprint density at radius 1 is 1.22 bits per heavy atom. The fourth-order valence-electron chi connectivity index (χ4n) is 1.51. The lowest BCUT2D eigenvalue weighted by molar-refractivity contribution is 0.516. The van der Waals surface area contributed by atoms with E-state index >= 15 is 0 Å². The number of hydrogen-bond donors (Lipinski definition) is 2. The average Bonchev–Trinajstić information content (AvgIpc) is 2.46. The summed E-state index contributed by atoms with van der Waals surface area (Å²) in [6, 6.07) is 0.873. The highest BCUT2D eigenvalue weighted by atomic mass is 15.0. The van der Waals surface area contributed by atoms with Gasteiger partial charge in [-0.2, -0.15) is 0 Å². The van der Waals surface area contributed by atoms with Gasteiger partial charge in [-0.05, 0) is 38.4 Å². The van der Waals surface area contributed by atoms with Crippen LogP contribution in [-0.2, 0) is 0 Å². The van der Waals surface area contributed by atoms with E-state index in [-0.39, 0.29) is 0 Å². The zero-order chi connectivity index (χ0) is 6.10. The quantitative estimate of drug-likeness (QED) is 0.476. The minimum absolute atomic E-state index is 0.873. The van der Waals surface area contributed by atoms with Gasteiger partial charge in [0.2, 0.25) is 0 Å². The molecule has 1 saturated heterocycles. The molecule has 2 rings (SSSR count). The van der Waals surface area contributed by atoms with Crippen LogP contribution in [-0.4, -0.2) is 25.7 Å². The Morgan fingerprint density at radius 3 is 3.22 bits per heavy atom. The van der Waals surface area contributed by atoms with E-state index in [1.807, 2.05) is 0 Å². The van der Waals surface area contributed by atoms with Gasteiger partial charge in [0.05, 0.1) is 0 Å². The first kappa shape index (κ1) is 5.69. The molecule has 0 radical (unpaired) electrons. The molecular weight excluding hydrogens is 112 g/mol. The van der Waals surface area contributed by atoms with Crippen molar-refractivity contribution in [3.05, 3.63) is 0 Å². The third-order valence-corrected chi connectivity index (χ3v) is 2.27. The molecule has 0 bridgehead atoms. The van der Waals surface area contributed by atoms with Gasteiger partial charge in [-0.25, -0.2) is 0 Å². The Kier molecular flexibility index (Phi) is 1.44. The van der Waals surface area contributed by atoms with E-state index in [9.17, 15) is 0 Å². The molecule has 1 aliphatic carbocycles. The number of rotatable bonds is 0. The SMILES string of the molecule is C1CNCC2CC2NC1. The molecule has 0 aromatic carbocycles. The van der Waals surface area contributed by atoms with Crippen LogP contribution >= 0.6 is 0 Å². The van der Waals surface area contributed by atoms with Crippen molar-refractivity contribution < 1.29 is 0 Å². The first-order chi connectivity index (χ1) is 4.47. The van der Waals surface area contributed by atoms with Crippen molar-refractivity contribution in [1.82, 2.24) is 10.6 Å². The van der Waals surface area contributed by atoms with Crippen LogP contribution in [0.5, 0.6) is 0 Å². The Morgan fingerprint density at radius 2 is 2.22 bits per heavy atom. The van der Waals surface area contributed by atoms with Crippen molar-refractivity contribution in [3.8, 4) is 0 Å². The molecule has 2 fully saturated rings. The molecule has 0 aromatic heterocycles. The number of fused-ring (bicyclic) bond motifs is 1. The van der Waals surface area contributed by atoms with Gasteiger partial charge in [0.1, 0.15) is 0 Å². The molecule has 0 aromatic rings. The van der Waals surface area contributed by atoms with Crippen LogP contribution in [0.25, 0.3) is 0 Å². The summed E-state index contributed by atoms with van der Waals surface area (Å²) in [6.07, 6.45) is 2.70. The Labute approximate surface area is 56.0 Å². The Hall–Kier alpha value is -0.0800. The van der Waals surface area contributed by atoms with E-state index in [2.05, 4.69) is 10.6 Å². The lowest BCUT2D eigenvalue weighted by atomic mass is 10.3. The molecule has 2 unspecified atom stereocenters. The van der Waals surface area contributed by atoms with Gasteiger partial charge in [-0.15, -0.1) is 0 Å². The first-order valence-electron chi connectivity index (χ1n) is 3.91. The molecule has 2 heteroatoms. The maximum Gasteiger partial charge on any atom is 0.0112 e. The topological polar surface area (TPSA) is 24.1 Å². The summed E-state index contributed by atoms with van der Waals surface area (Å²) in [4.78, 5) is 0. The molecule has 52 valence electrons. The van der Waals surface area contributed by atoms with Crippen molar-refractivity contribution >= 4 is 0 Å². The van der Waals surface area contributed by atoms with E-state index in [0.717, 1.165) is 12.0 Å². The van der Waals surface area contributed by atoms with Crippen LogP contribution in [0, 0.1) is 5.92 Å². The van der Waals surface area contributed by atoms with Crippen LogP contribution < -0.4 is 10.6 Å². The van der Waals surface area contributed by atoms with Crippen molar-refractivity contribution in [2.24, 2.45) is 5.92 Å². The van der Waals surface area contributed by atoms with Gasteiger partial charge < -0.3 is 10.6 Å². The van der Waals surface area contributed by atoms with Crippen molar-refractivity contribution in [2.75, 3.05) is 19.6 Å². The van der Waals surface area contributed by atoms with Crippen LogP contribution in [0.15, 0.2) is 0 Å². The zero-order valence-corrected chi connectivity index (χ0v) is 5.69. The van der Waals surface area contributed by atoms with Crippen molar-refractivity contribution in [2.45, 2.75) is 18.9 Å². The lowest BCUT2D eigenvalue weighted by Crippen LogP contribution is -2.30. The average molecular weight is 126 g/mol. The molecule has 1 saturated carbocycles. The minimum Gasteiger partial charge on any atom is -0.316 e. The fraction of sp³-hybridized carbons (Fsp3) is 1.00. The molecule has 2 aliphatic rings. The first-order valence-corrected chi connectivity index (χ1v) is 3.91. The number of nitrogens with one attached hydrogen (secondary N) is 2. The second kappa shape index (κ2) is 2.27. The Bertz CT molecular complexity index is 91.1.